The van der Waals surface area contributed by atoms with Crippen LogP contribution < -0.4 is 9.64 Å². The van der Waals surface area contributed by atoms with E-state index in [4.69, 9.17) is 9.72 Å². The summed E-state index contributed by atoms with van der Waals surface area (Å²) in [7, 11) is 0. The number of aromatic nitrogens is 3. The number of rotatable bonds is 8. The minimum absolute atomic E-state index is 0.706. The number of hydrogen-bond acceptors (Lipinski definition) is 3. The number of fused-ring (bicyclic) bond motifs is 4. The van der Waals surface area contributed by atoms with E-state index >= 15 is 0 Å². The van der Waals surface area contributed by atoms with E-state index < -0.39 is 0 Å². The molecule has 0 radical (unpaired) electrons. The van der Waals surface area contributed by atoms with Gasteiger partial charge in [-0.2, -0.15) is 0 Å². The molecule has 1 aliphatic rings. The van der Waals surface area contributed by atoms with Crippen LogP contribution in [0.5, 0.6) is 11.5 Å². The van der Waals surface area contributed by atoms with E-state index in [9.17, 15) is 0 Å². The second kappa shape index (κ2) is 15.9. The van der Waals surface area contributed by atoms with E-state index in [0.717, 1.165) is 77.0 Å². The maximum absolute atomic E-state index is 6.81. The summed E-state index contributed by atoms with van der Waals surface area (Å²) in [6, 6.07) is 72.8. The number of hydrogen-bond donors (Lipinski definition) is 0. The first-order valence-electron chi connectivity index (χ1n) is 20.8. The van der Waals surface area contributed by atoms with Crippen LogP contribution in [0.3, 0.4) is 0 Å². The van der Waals surface area contributed by atoms with Gasteiger partial charge in [-0.25, -0.2) is 0 Å². The van der Waals surface area contributed by atoms with E-state index in [-0.39, 0.29) is 0 Å². The molecule has 0 aliphatic carbocycles. The second-order valence-electron chi connectivity index (χ2n) is 15.6. The molecule has 0 saturated heterocycles. The summed E-state index contributed by atoms with van der Waals surface area (Å²) in [5.41, 5.74) is 17.2. The van der Waals surface area contributed by atoms with Crippen molar-refractivity contribution in [2.24, 2.45) is 0 Å². The van der Waals surface area contributed by atoms with E-state index in [1.54, 1.807) is 0 Å². The van der Waals surface area contributed by atoms with Gasteiger partial charge in [0, 0.05) is 11.8 Å². The number of pyridine rings is 1. The number of para-hydroxylation sites is 3. The van der Waals surface area contributed by atoms with Gasteiger partial charge in [0.25, 0.3) is 0 Å². The predicted molar refractivity (Wildman–Crippen MR) is 249 cm³/mol. The third kappa shape index (κ3) is 6.72. The number of aryl methyl sites for hydroxylation is 1. The summed E-state index contributed by atoms with van der Waals surface area (Å²) in [5.74, 6) is 2.42. The third-order valence-electron chi connectivity index (χ3n) is 11.8. The van der Waals surface area contributed by atoms with Crippen LogP contribution in [0.2, 0.25) is 0 Å². The molecule has 300 valence electrons. The number of nitrogens with zero attached hydrogens (tertiary/aromatic N) is 4. The summed E-state index contributed by atoms with van der Waals surface area (Å²) in [5, 5.41) is 0. The molecule has 0 unspecified atom stereocenters. The summed E-state index contributed by atoms with van der Waals surface area (Å²) < 4.78 is 12.6. The van der Waals surface area contributed by atoms with E-state index in [2.05, 4.69) is 234 Å². The van der Waals surface area contributed by atoms with Gasteiger partial charge in [-0.05, 0) is 18.1 Å². The fourth-order valence-electron chi connectivity index (χ4n) is 8.89. The normalized spacial score (nSPS) is 12.0. The Bertz CT molecular complexity index is 3280. The zero-order valence-corrected chi connectivity index (χ0v) is 36.2. The Kier molecular flexibility index (Phi) is 9.67. The first-order valence-corrected chi connectivity index (χ1v) is 21.9. The molecule has 0 saturated carbocycles. The van der Waals surface area contributed by atoms with Crippen LogP contribution >= 0.6 is 0 Å². The predicted octanol–water partition coefficient (Wildman–Crippen LogP) is 14.3. The monoisotopic (exact) mass is 979 g/mol. The van der Waals surface area contributed by atoms with Crippen LogP contribution in [0.1, 0.15) is 11.1 Å². The number of anilines is 2. The Morgan fingerprint density at radius 3 is 1.73 bits per heavy atom. The van der Waals surface area contributed by atoms with Gasteiger partial charge in [-0.3, -0.25) is 0 Å². The van der Waals surface area contributed by atoms with Crippen LogP contribution in [0.4, 0.5) is 11.5 Å². The summed E-state index contributed by atoms with van der Waals surface area (Å²) in [6.07, 6.45) is 2.00. The summed E-state index contributed by atoms with van der Waals surface area (Å²) in [4.78, 5) is 7.36. The van der Waals surface area contributed by atoms with Crippen LogP contribution in [0.15, 0.2) is 212 Å². The molecule has 1 aliphatic heterocycles. The topological polar surface area (TPSA) is 35.2 Å². The first kappa shape index (κ1) is 37.7. The van der Waals surface area contributed by atoms with Crippen molar-refractivity contribution in [3.63, 3.8) is 0 Å². The zero-order chi connectivity index (χ0) is 41.6. The molecule has 3 heterocycles. The average molecular weight is 980 g/mol. The SMILES string of the molecule is Cc1cc(N2Cc3ccccc3-c3ccc(Oc4cccc(-n5[c](=[Pt])n(-c6c(-c7ccccc7)cccc6-c6ccccc6)c6ccccc65)c4)cc32)ncc1-c1ccccc1. The Morgan fingerprint density at radius 2 is 1.05 bits per heavy atom. The molecule has 0 amide bonds. The quantitative estimate of drug-likeness (QED) is 0.152. The Labute approximate surface area is 371 Å². The maximum atomic E-state index is 6.81. The molecule has 10 aromatic rings. The molecular formula is C56H40N4OPt. The van der Waals surface area contributed by atoms with Gasteiger partial charge in [-0.15, -0.1) is 0 Å². The molecule has 0 bridgehead atoms. The van der Waals surface area contributed by atoms with E-state index in [1.807, 2.05) is 18.3 Å². The van der Waals surface area contributed by atoms with Crippen molar-refractivity contribution in [2.75, 3.05) is 4.90 Å². The number of benzene rings is 8. The Balaban J connectivity index is 1.00. The molecule has 2 aromatic heterocycles. The second-order valence-corrected chi connectivity index (χ2v) is 16.6. The Hall–Kier alpha value is -7.33. The first-order chi connectivity index (χ1) is 30.6. The fourth-order valence-corrected chi connectivity index (χ4v) is 9.99. The van der Waals surface area contributed by atoms with Crippen LogP contribution in [-0.2, 0) is 25.9 Å². The molecule has 6 heteroatoms. The van der Waals surface area contributed by atoms with Gasteiger partial charge in [0.2, 0.25) is 0 Å². The summed E-state index contributed by atoms with van der Waals surface area (Å²) >= 11 is 2.50. The zero-order valence-electron chi connectivity index (χ0n) is 33.9. The fraction of sp³-hybridized carbons (Fsp3) is 0.0357. The van der Waals surface area contributed by atoms with Gasteiger partial charge >= 0.3 is 296 Å². The van der Waals surface area contributed by atoms with Crippen molar-refractivity contribution in [1.82, 2.24) is 14.1 Å². The van der Waals surface area contributed by atoms with Crippen LogP contribution in [0.25, 0.3) is 66.9 Å². The van der Waals surface area contributed by atoms with Crippen LogP contribution in [0, 0.1) is 10.7 Å². The van der Waals surface area contributed by atoms with Crippen molar-refractivity contribution in [1.29, 1.82) is 0 Å². The molecule has 0 spiro atoms. The number of imidazole rings is 1. The van der Waals surface area contributed by atoms with E-state index in [1.165, 1.54) is 27.8 Å². The molecule has 11 rings (SSSR count). The minimum atomic E-state index is 0.706. The number of ether oxygens (including phenoxy) is 1. The molecule has 5 nitrogen and oxygen atoms in total. The van der Waals surface area contributed by atoms with Crippen molar-refractivity contribution in [3.05, 3.63) is 227 Å². The molecule has 0 N–H and O–H groups in total. The van der Waals surface area contributed by atoms with Crippen LogP contribution in [-0.4, -0.2) is 14.1 Å². The van der Waals surface area contributed by atoms with Crippen molar-refractivity contribution in [2.45, 2.75) is 13.5 Å². The molecule has 0 fully saturated rings. The van der Waals surface area contributed by atoms with Gasteiger partial charge in [-0.1, -0.05) is 48.5 Å². The summed E-state index contributed by atoms with van der Waals surface area (Å²) in [6.45, 7) is 2.87. The minimum Gasteiger partial charge on any atom is -0.0622 e. The van der Waals surface area contributed by atoms with Gasteiger partial charge in [0.05, 0.1) is 0 Å². The Morgan fingerprint density at radius 1 is 0.484 bits per heavy atom. The molecule has 8 aromatic carbocycles. The average Bonchev–Trinajstić information content (AvgIpc) is 3.62. The van der Waals surface area contributed by atoms with Crippen molar-refractivity contribution in [3.8, 4) is 67.4 Å². The van der Waals surface area contributed by atoms with Gasteiger partial charge in [0.1, 0.15) is 0 Å². The molecule has 62 heavy (non-hydrogen) atoms. The van der Waals surface area contributed by atoms with Gasteiger partial charge in [0.15, 0.2) is 0 Å². The standard InChI is InChI=1S/C56H40N4O.Pt/c1-39-33-55(57-36-51(39)42-21-9-4-10-22-42)58-37-43-23-11-12-26-47(43)50-32-31-46(35-54(50)58)61-45-25-15-24-44(34-45)59-38-60(53-30-14-13-29-52(53)59)56-48(40-17-5-2-6-18-40)27-16-28-49(56)41-19-7-3-8-20-41;/h2-36H,37H2,1H3;. The van der Waals surface area contributed by atoms with Crippen molar-refractivity contribution < 1.29 is 24.1 Å². The molecular weight excluding hydrogens is 940 g/mol. The van der Waals surface area contributed by atoms with E-state index in [0.29, 0.717) is 6.54 Å². The van der Waals surface area contributed by atoms with Gasteiger partial charge < -0.3 is 0 Å². The smallest absolute Gasteiger partial charge is 0.0622 e. The van der Waals surface area contributed by atoms with Crippen molar-refractivity contribution >= 4 is 22.5 Å². The third-order valence-corrected chi connectivity index (χ3v) is 12.8. The molecule has 0 atom stereocenters.